The summed E-state index contributed by atoms with van der Waals surface area (Å²) in [6, 6.07) is 10.3. The number of carbonyl (C=O) groups excluding carboxylic acids is 1. The van der Waals surface area contributed by atoms with Crippen molar-refractivity contribution in [2.45, 2.75) is 13.3 Å². The molecule has 0 aliphatic carbocycles. The van der Waals surface area contributed by atoms with Gasteiger partial charge in [-0.1, -0.05) is 30.3 Å². The number of alkyl halides is 2. The maximum atomic E-state index is 13.4. The normalized spacial score (nSPS) is 11.1. The lowest BCUT2D eigenvalue weighted by molar-refractivity contribution is 0.0957. The summed E-state index contributed by atoms with van der Waals surface area (Å²) in [6.45, 7) is 2.20. The van der Waals surface area contributed by atoms with Crippen LogP contribution in [0.5, 0.6) is 0 Å². The number of hydrogen-bond acceptors (Lipinski definition) is 3. The number of hydrogen-bond donors (Lipinski definition) is 1. The monoisotopic (exact) mass is 316 g/mol. The minimum atomic E-state index is -2.73. The number of benzene rings is 1. The van der Waals surface area contributed by atoms with Crippen LogP contribution >= 0.6 is 0 Å². The van der Waals surface area contributed by atoms with Crippen LogP contribution in [0.2, 0.25) is 0 Å². The van der Waals surface area contributed by atoms with Crippen molar-refractivity contribution < 1.29 is 13.6 Å². The van der Waals surface area contributed by atoms with E-state index < -0.39 is 6.43 Å². The Morgan fingerprint density at radius 3 is 2.70 bits per heavy atom. The Bertz CT molecular complexity index is 846. The zero-order chi connectivity index (χ0) is 16.4. The van der Waals surface area contributed by atoms with E-state index in [4.69, 9.17) is 0 Å². The van der Waals surface area contributed by atoms with Gasteiger partial charge in [-0.25, -0.2) is 18.3 Å². The number of rotatable bonds is 4. The third kappa shape index (κ3) is 2.77. The van der Waals surface area contributed by atoms with E-state index in [2.05, 4.69) is 15.4 Å². The number of aromatic nitrogens is 3. The smallest absolute Gasteiger partial charge is 0.280 e. The first-order valence-corrected chi connectivity index (χ1v) is 7.12. The highest BCUT2D eigenvalue weighted by atomic mass is 19.3. The van der Waals surface area contributed by atoms with E-state index in [1.807, 2.05) is 6.07 Å². The summed E-state index contributed by atoms with van der Waals surface area (Å²) in [5, 5.41) is 6.52. The summed E-state index contributed by atoms with van der Waals surface area (Å²) in [7, 11) is 0. The van der Waals surface area contributed by atoms with Gasteiger partial charge in [0, 0.05) is 12.1 Å². The molecule has 1 N–H and O–H groups in total. The molecule has 0 saturated heterocycles. The maximum Gasteiger partial charge on any atom is 0.280 e. The quantitative estimate of drug-likeness (QED) is 0.804. The zero-order valence-corrected chi connectivity index (χ0v) is 12.3. The number of nitrogens with one attached hydrogen (secondary N) is 1. The Labute approximate surface area is 131 Å². The fraction of sp³-hybridized carbons (Fsp3) is 0.188. The first-order valence-electron chi connectivity index (χ1n) is 7.12. The van der Waals surface area contributed by atoms with Crippen LogP contribution in [0, 0.1) is 0 Å². The van der Waals surface area contributed by atoms with Gasteiger partial charge in [0.05, 0.1) is 11.9 Å². The van der Waals surface area contributed by atoms with Crippen LogP contribution in [-0.2, 0) is 0 Å². The number of nitrogens with zero attached hydrogens (tertiary/aromatic N) is 3. The molecule has 0 bridgehead atoms. The zero-order valence-electron chi connectivity index (χ0n) is 12.3. The van der Waals surface area contributed by atoms with Gasteiger partial charge in [0.1, 0.15) is 11.3 Å². The molecule has 7 heteroatoms. The molecule has 0 radical (unpaired) electrons. The van der Waals surface area contributed by atoms with Gasteiger partial charge in [-0.2, -0.15) is 5.10 Å². The molecule has 1 aromatic carbocycles. The third-order valence-electron chi connectivity index (χ3n) is 3.37. The lowest BCUT2D eigenvalue weighted by atomic mass is 10.1. The number of carbonyl (C=O) groups is 1. The minimum Gasteiger partial charge on any atom is -0.352 e. The van der Waals surface area contributed by atoms with Crippen LogP contribution in [0.4, 0.5) is 8.78 Å². The van der Waals surface area contributed by atoms with Crippen molar-refractivity contribution >= 4 is 11.6 Å². The second-order valence-electron chi connectivity index (χ2n) is 4.89. The number of halogens is 2. The number of amides is 1. The van der Waals surface area contributed by atoms with Gasteiger partial charge in [0.2, 0.25) is 0 Å². The van der Waals surface area contributed by atoms with Gasteiger partial charge in [-0.05, 0) is 13.0 Å². The molecule has 0 aliphatic heterocycles. The van der Waals surface area contributed by atoms with Crippen LogP contribution in [-0.4, -0.2) is 27.0 Å². The lowest BCUT2D eigenvalue weighted by Gasteiger charge is -2.08. The predicted molar refractivity (Wildman–Crippen MR) is 81.4 cm³/mol. The van der Waals surface area contributed by atoms with Gasteiger partial charge in [-0.15, -0.1) is 0 Å². The van der Waals surface area contributed by atoms with Gasteiger partial charge >= 0.3 is 0 Å². The molecule has 23 heavy (non-hydrogen) atoms. The predicted octanol–water partition coefficient (Wildman–Crippen LogP) is 3.08. The molecule has 1 amide bonds. The maximum absolute atomic E-state index is 13.4. The van der Waals surface area contributed by atoms with Crippen molar-refractivity contribution in [3.63, 3.8) is 0 Å². The Balaban J connectivity index is 2.23. The molecule has 0 saturated carbocycles. The molecule has 5 nitrogen and oxygen atoms in total. The summed E-state index contributed by atoms with van der Waals surface area (Å²) >= 11 is 0. The first kappa shape index (κ1) is 15.1. The van der Waals surface area contributed by atoms with E-state index in [1.54, 1.807) is 31.2 Å². The molecular weight excluding hydrogens is 302 g/mol. The SMILES string of the molecule is CCNC(=O)c1cnn2c(C(F)F)cc(-c3ccccc3)nc12. The van der Waals surface area contributed by atoms with Crippen molar-refractivity contribution in [3.05, 3.63) is 53.9 Å². The second kappa shape index (κ2) is 6.12. The van der Waals surface area contributed by atoms with Crippen molar-refractivity contribution in [2.24, 2.45) is 0 Å². The minimum absolute atomic E-state index is 0.118. The van der Waals surface area contributed by atoms with Crippen LogP contribution < -0.4 is 5.32 Å². The molecule has 2 heterocycles. The summed E-state index contributed by atoms with van der Waals surface area (Å²) in [6.07, 6.45) is -1.47. The molecule has 2 aromatic heterocycles. The van der Waals surface area contributed by atoms with Crippen LogP contribution in [0.1, 0.15) is 29.4 Å². The molecule has 0 spiro atoms. The van der Waals surface area contributed by atoms with Gasteiger partial charge < -0.3 is 5.32 Å². The topological polar surface area (TPSA) is 59.3 Å². The summed E-state index contributed by atoms with van der Waals surface area (Å²) in [5.74, 6) is -0.388. The Kier molecular flexibility index (Phi) is 4.01. The van der Waals surface area contributed by atoms with E-state index in [-0.39, 0.29) is 22.8 Å². The average molecular weight is 316 g/mol. The molecule has 3 rings (SSSR count). The third-order valence-corrected chi connectivity index (χ3v) is 3.37. The van der Waals surface area contributed by atoms with Crippen LogP contribution in [0.15, 0.2) is 42.6 Å². The van der Waals surface area contributed by atoms with E-state index in [9.17, 15) is 13.6 Å². The van der Waals surface area contributed by atoms with Crippen molar-refractivity contribution in [3.8, 4) is 11.3 Å². The highest BCUT2D eigenvalue weighted by Gasteiger charge is 2.21. The summed E-state index contributed by atoms with van der Waals surface area (Å²) < 4.78 is 27.7. The highest BCUT2D eigenvalue weighted by Crippen LogP contribution is 2.26. The van der Waals surface area contributed by atoms with Crippen LogP contribution in [0.3, 0.4) is 0 Å². The first-order chi connectivity index (χ1) is 11.1. The van der Waals surface area contributed by atoms with E-state index >= 15 is 0 Å². The molecule has 0 fully saturated rings. The number of fused-ring (bicyclic) bond motifs is 1. The Hall–Kier alpha value is -2.83. The Morgan fingerprint density at radius 2 is 2.04 bits per heavy atom. The fourth-order valence-corrected chi connectivity index (χ4v) is 2.31. The van der Waals surface area contributed by atoms with Gasteiger partial charge in [-0.3, -0.25) is 4.79 Å². The second-order valence-corrected chi connectivity index (χ2v) is 4.89. The van der Waals surface area contributed by atoms with Crippen molar-refractivity contribution in [1.82, 2.24) is 19.9 Å². The van der Waals surface area contributed by atoms with Crippen molar-refractivity contribution in [2.75, 3.05) is 6.54 Å². The fourth-order valence-electron chi connectivity index (χ4n) is 2.31. The molecule has 0 unspecified atom stereocenters. The lowest BCUT2D eigenvalue weighted by Crippen LogP contribution is -2.22. The summed E-state index contributed by atoms with van der Waals surface area (Å²) in [4.78, 5) is 16.4. The van der Waals surface area contributed by atoms with E-state index in [0.29, 0.717) is 17.8 Å². The molecule has 118 valence electrons. The standard InChI is InChI=1S/C16H14F2N4O/c1-2-19-16(23)11-9-20-22-13(14(17)18)8-12(21-15(11)22)10-6-4-3-5-7-10/h3-9,14H,2H2,1H3,(H,19,23). The van der Waals surface area contributed by atoms with Gasteiger partial charge in [0.15, 0.2) is 5.65 Å². The molecular formula is C16H14F2N4O. The average Bonchev–Trinajstić information content (AvgIpc) is 2.98. The Morgan fingerprint density at radius 1 is 1.30 bits per heavy atom. The van der Waals surface area contributed by atoms with E-state index in [0.717, 1.165) is 4.52 Å². The molecule has 0 aliphatic rings. The van der Waals surface area contributed by atoms with Crippen molar-refractivity contribution in [1.29, 1.82) is 0 Å². The highest BCUT2D eigenvalue weighted by molar-refractivity contribution is 5.99. The van der Waals surface area contributed by atoms with Crippen LogP contribution in [0.25, 0.3) is 16.9 Å². The molecule has 0 atom stereocenters. The summed E-state index contributed by atoms with van der Waals surface area (Å²) in [5.41, 5.74) is 1.06. The largest absolute Gasteiger partial charge is 0.352 e. The van der Waals surface area contributed by atoms with Gasteiger partial charge in [0.25, 0.3) is 12.3 Å². The van der Waals surface area contributed by atoms with E-state index in [1.165, 1.54) is 12.3 Å². The molecule has 3 aromatic rings.